The Kier molecular flexibility index (Phi) is 3.54. The molecule has 0 atom stereocenters. The predicted molar refractivity (Wildman–Crippen MR) is 62.6 cm³/mol. The number of carbonyl (C=O) groups excluding carboxylic acids is 1. The van der Waals surface area contributed by atoms with Crippen LogP contribution in [0.1, 0.15) is 35.2 Å². The molecular formula is C13H14F3NO2. The molecule has 6 heteroatoms. The van der Waals surface area contributed by atoms with Gasteiger partial charge in [0.2, 0.25) is 0 Å². The highest BCUT2D eigenvalue weighted by atomic mass is 19.4. The number of alkyl halides is 3. The van der Waals surface area contributed by atoms with Gasteiger partial charge in [-0.15, -0.1) is 0 Å². The molecule has 19 heavy (non-hydrogen) atoms. The SMILES string of the molecule is O=C(NCC1(O)CCC1)c1cccc(C(F)(F)F)c1. The van der Waals surface area contributed by atoms with Crippen LogP contribution in [0, 0.1) is 0 Å². The van der Waals surface area contributed by atoms with Crippen molar-refractivity contribution in [1.29, 1.82) is 0 Å². The van der Waals surface area contributed by atoms with Crippen LogP contribution >= 0.6 is 0 Å². The van der Waals surface area contributed by atoms with Crippen molar-refractivity contribution in [3.8, 4) is 0 Å². The maximum atomic E-state index is 12.5. The first kappa shape index (κ1) is 13.9. The zero-order valence-corrected chi connectivity index (χ0v) is 10.1. The van der Waals surface area contributed by atoms with E-state index in [2.05, 4.69) is 5.32 Å². The van der Waals surface area contributed by atoms with Crippen molar-refractivity contribution in [3.63, 3.8) is 0 Å². The Labute approximate surface area is 108 Å². The minimum Gasteiger partial charge on any atom is -0.388 e. The van der Waals surface area contributed by atoms with Gasteiger partial charge in [-0.25, -0.2) is 0 Å². The molecule has 1 aliphatic rings. The molecule has 1 aromatic carbocycles. The van der Waals surface area contributed by atoms with Crippen LogP contribution in [0.4, 0.5) is 13.2 Å². The molecule has 104 valence electrons. The minimum absolute atomic E-state index is 0.0576. The Morgan fingerprint density at radius 3 is 2.58 bits per heavy atom. The fraction of sp³-hybridized carbons (Fsp3) is 0.462. The van der Waals surface area contributed by atoms with Crippen molar-refractivity contribution < 1.29 is 23.1 Å². The summed E-state index contributed by atoms with van der Waals surface area (Å²) in [6, 6.07) is 4.22. The second-order valence-corrected chi connectivity index (χ2v) is 4.84. The molecule has 0 bridgehead atoms. The fourth-order valence-electron chi connectivity index (χ4n) is 1.95. The number of benzene rings is 1. The number of hydrogen-bond acceptors (Lipinski definition) is 2. The summed E-state index contributed by atoms with van der Waals surface area (Å²) in [5.74, 6) is -0.605. The Morgan fingerprint density at radius 2 is 2.05 bits per heavy atom. The monoisotopic (exact) mass is 273 g/mol. The summed E-state index contributed by atoms with van der Waals surface area (Å²) in [5, 5.41) is 12.3. The average molecular weight is 273 g/mol. The second-order valence-electron chi connectivity index (χ2n) is 4.84. The van der Waals surface area contributed by atoms with Crippen molar-refractivity contribution >= 4 is 5.91 Å². The summed E-state index contributed by atoms with van der Waals surface area (Å²) >= 11 is 0. The van der Waals surface area contributed by atoms with Crippen LogP contribution in [0.3, 0.4) is 0 Å². The van der Waals surface area contributed by atoms with E-state index in [0.717, 1.165) is 18.6 Å². The van der Waals surface area contributed by atoms with E-state index >= 15 is 0 Å². The molecule has 3 nitrogen and oxygen atoms in total. The van der Waals surface area contributed by atoms with Crippen LogP contribution in [0.5, 0.6) is 0 Å². The average Bonchev–Trinajstić information content (AvgIpc) is 2.33. The van der Waals surface area contributed by atoms with E-state index in [4.69, 9.17) is 0 Å². The molecule has 1 fully saturated rings. The number of amides is 1. The van der Waals surface area contributed by atoms with E-state index in [1.807, 2.05) is 0 Å². The van der Waals surface area contributed by atoms with Gasteiger partial charge in [-0.2, -0.15) is 13.2 Å². The first-order valence-corrected chi connectivity index (χ1v) is 5.98. The number of carbonyl (C=O) groups is 1. The van der Waals surface area contributed by atoms with Gasteiger partial charge in [-0.3, -0.25) is 4.79 Å². The van der Waals surface area contributed by atoms with Crippen LogP contribution in [0.25, 0.3) is 0 Å². The van der Waals surface area contributed by atoms with Gasteiger partial charge in [0.25, 0.3) is 5.91 Å². The summed E-state index contributed by atoms with van der Waals surface area (Å²) in [5.41, 5.74) is -1.81. The normalized spacial score (nSPS) is 17.7. The third kappa shape index (κ3) is 3.26. The van der Waals surface area contributed by atoms with Crippen LogP contribution in [0.15, 0.2) is 24.3 Å². The molecule has 1 saturated carbocycles. The van der Waals surface area contributed by atoms with Gasteiger partial charge in [0.1, 0.15) is 0 Å². The third-order valence-corrected chi connectivity index (χ3v) is 3.31. The molecule has 1 aromatic rings. The van der Waals surface area contributed by atoms with Gasteiger partial charge in [0, 0.05) is 12.1 Å². The van der Waals surface area contributed by atoms with Crippen molar-refractivity contribution in [1.82, 2.24) is 5.32 Å². The lowest BCUT2D eigenvalue weighted by atomic mass is 9.80. The summed E-state index contributed by atoms with van der Waals surface area (Å²) in [4.78, 5) is 11.7. The van der Waals surface area contributed by atoms with E-state index in [-0.39, 0.29) is 12.1 Å². The minimum atomic E-state index is -4.47. The van der Waals surface area contributed by atoms with Crippen LogP contribution in [-0.2, 0) is 6.18 Å². The topological polar surface area (TPSA) is 49.3 Å². The van der Waals surface area contributed by atoms with Gasteiger partial charge >= 0.3 is 6.18 Å². The Balaban J connectivity index is 2.03. The second kappa shape index (κ2) is 4.85. The highest BCUT2D eigenvalue weighted by Crippen LogP contribution is 2.31. The van der Waals surface area contributed by atoms with Gasteiger partial charge in [0.15, 0.2) is 0 Å². The third-order valence-electron chi connectivity index (χ3n) is 3.31. The molecule has 0 aliphatic heterocycles. The molecule has 1 amide bonds. The summed E-state index contributed by atoms with van der Waals surface area (Å²) in [7, 11) is 0. The van der Waals surface area contributed by atoms with Crippen molar-refractivity contribution in [2.24, 2.45) is 0 Å². The van der Waals surface area contributed by atoms with Crippen molar-refractivity contribution in [2.45, 2.75) is 31.0 Å². The maximum Gasteiger partial charge on any atom is 0.416 e. The maximum absolute atomic E-state index is 12.5. The molecule has 0 heterocycles. The van der Waals surface area contributed by atoms with E-state index in [1.54, 1.807) is 0 Å². The number of nitrogens with one attached hydrogen (secondary N) is 1. The predicted octanol–water partition coefficient (Wildman–Crippen LogP) is 2.35. The summed E-state index contributed by atoms with van der Waals surface area (Å²) in [6.07, 6.45) is -2.36. The lowest BCUT2D eigenvalue weighted by Crippen LogP contribution is -2.47. The lowest BCUT2D eigenvalue weighted by Gasteiger charge is -2.36. The zero-order valence-electron chi connectivity index (χ0n) is 10.1. The molecule has 0 saturated heterocycles. The lowest BCUT2D eigenvalue weighted by molar-refractivity contribution is -0.137. The molecule has 0 unspecified atom stereocenters. The number of rotatable bonds is 3. The van der Waals surface area contributed by atoms with Gasteiger partial charge < -0.3 is 10.4 Å². The van der Waals surface area contributed by atoms with Gasteiger partial charge in [-0.05, 0) is 37.5 Å². The largest absolute Gasteiger partial charge is 0.416 e. The first-order chi connectivity index (χ1) is 8.80. The standard InChI is InChI=1S/C13H14F3NO2/c14-13(15,16)10-4-1-3-9(7-10)11(18)17-8-12(19)5-2-6-12/h1,3-4,7,19H,2,5-6,8H2,(H,17,18). The Bertz CT molecular complexity index is 481. The quantitative estimate of drug-likeness (QED) is 0.888. The van der Waals surface area contributed by atoms with E-state index in [9.17, 15) is 23.1 Å². The zero-order chi connectivity index (χ0) is 14.1. The molecule has 0 radical (unpaired) electrons. The molecule has 0 spiro atoms. The van der Waals surface area contributed by atoms with Crippen molar-refractivity contribution in [2.75, 3.05) is 6.54 Å². The number of hydrogen-bond donors (Lipinski definition) is 2. The molecule has 2 N–H and O–H groups in total. The molecule has 2 rings (SSSR count). The molecule has 1 aliphatic carbocycles. The molecular weight excluding hydrogens is 259 g/mol. The van der Waals surface area contributed by atoms with E-state index in [0.29, 0.717) is 12.8 Å². The smallest absolute Gasteiger partial charge is 0.388 e. The number of aliphatic hydroxyl groups is 1. The summed E-state index contributed by atoms with van der Waals surface area (Å²) < 4.78 is 37.5. The first-order valence-electron chi connectivity index (χ1n) is 5.98. The van der Waals surface area contributed by atoms with Crippen molar-refractivity contribution in [3.05, 3.63) is 35.4 Å². The van der Waals surface area contributed by atoms with Gasteiger partial charge in [0.05, 0.1) is 11.2 Å². The highest BCUT2D eigenvalue weighted by Gasteiger charge is 2.35. The Hall–Kier alpha value is -1.56. The van der Waals surface area contributed by atoms with E-state index in [1.165, 1.54) is 12.1 Å². The van der Waals surface area contributed by atoms with Crippen LogP contribution in [0.2, 0.25) is 0 Å². The van der Waals surface area contributed by atoms with Gasteiger partial charge in [-0.1, -0.05) is 6.07 Å². The van der Waals surface area contributed by atoms with Crippen LogP contribution < -0.4 is 5.32 Å². The number of halogens is 3. The Morgan fingerprint density at radius 1 is 1.37 bits per heavy atom. The fourth-order valence-corrected chi connectivity index (χ4v) is 1.95. The highest BCUT2D eigenvalue weighted by molar-refractivity contribution is 5.94. The molecule has 0 aromatic heterocycles. The summed E-state index contributed by atoms with van der Waals surface area (Å²) in [6.45, 7) is 0.0715. The van der Waals surface area contributed by atoms with Crippen LogP contribution in [-0.4, -0.2) is 23.2 Å². The van der Waals surface area contributed by atoms with E-state index < -0.39 is 23.2 Å².